The molecule has 4 nitrogen and oxygen atoms in total. The zero-order chi connectivity index (χ0) is 14.6. The molecular weight excluding hydrogens is 262 g/mol. The molecule has 0 spiro atoms. The van der Waals surface area contributed by atoms with Crippen molar-refractivity contribution in [3.05, 3.63) is 28.5 Å². The largest absolute Gasteiger partial charge is 0.348 e. The quantitative estimate of drug-likeness (QED) is 0.845. The maximum absolute atomic E-state index is 12.1. The van der Waals surface area contributed by atoms with Crippen molar-refractivity contribution in [3.8, 4) is 0 Å². The number of hydrogen-bond donors (Lipinski definition) is 1. The highest BCUT2D eigenvalue weighted by Gasteiger charge is 2.13. The number of halogens is 1. The molecule has 0 saturated carbocycles. The summed E-state index contributed by atoms with van der Waals surface area (Å²) < 4.78 is 0. The van der Waals surface area contributed by atoms with E-state index < -0.39 is 0 Å². The first-order chi connectivity index (χ1) is 8.79. The second-order valence-corrected chi connectivity index (χ2v) is 5.78. The first-order valence-electron chi connectivity index (χ1n) is 6.42. The monoisotopic (exact) mass is 283 g/mol. The number of likely N-dealkylation sites (N-methyl/N-ethyl adjacent to an activating group) is 1. The molecule has 0 bridgehead atoms. The Bertz CT molecular complexity index is 446. The van der Waals surface area contributed by atoms with E-state index >= 15 is 0 Å². The summed E-state index contributed by atoms with van der Waals surface area (Å²) >= 11 is 5.96. The van der Waals surface area contributed by atoms with E-state index in [4.69, 9.17) is 11.6 Å². The third-order valence-electron chi connectivity index (χ3n) is 2.68. The minimum atomic E-state index is -0.111. The predicted octanol–water partition coefficient (Wildman–Crippen LogP) is 2.54. The van der Waals surface area contributed by atoms with Gasteiger partial charge in [-0.3, -0.25) is 4.79 Å². The van der Waals surface area contributed by atoms with Gasteiger partial charge in [-0.15, -0.1) is 0 Å². The van der Waals surface area contributed by atoms with Gasteiger partial charge >= 0.3 is 0 Å². The Hall–Kier alpha value is -1.13. The van der Waals surface area contributed by atoms with E-state index in [-0.39, 0.29) is 17.9 Å². The highest BCUT2D eigenvalue weighted by atomic mass is 35.5. The van der Waals surface area contributed by atoms with Crippen LogP contribution in [0.3, 0.4) is 0 Å². The van der Waals surface area contributed by atoms with Crippen molar-refractivity contribution in [1.29, 1.82) is 0 Å². The second-order valence-electron chi connectivity index (χ2n) is 5.39. The minimum absolute atomic E-state index is 0.0805. The molecule has 1 aromatic rings. The molecule has 1 unspecified atom stereocenters. The molecule has 1 heterocycles. The lowest BCUT2D eigenvalue weighted by Crippen LogP contribution is -2.39. The molecule has 5 heteroatoms. The topological polar surface area (TPSA) is 45.2 Å². The number of amides is 1. The molecule has 106 valence electrons. The summed E-state index contributed by atoms with van der Waals surface area (Å²) in [6, 6.07) is 3.48. The number of carbonyl (C=O) groups is 1. The summed E-state index contributed by atoms with van der Waals surface area (Å²) in [4.78, 5) is 18.4. The zero-order valence-electron chi connectivity index (χ0n) is 12.2. The van der Waals surface area contributed by atoms with Crippen molar-refractivity contribution in [2.45, 2.75) is 32.7 Å². The van der Waals surface area contributed by atoms with Crippen LogP contribution in [0.2, 0.25) is 5.15 Å². The van der Waals surface area contributed by atoms with Crippen LogP contribution < -0.4 is 5.32 Å². The number of carbonyl (C=O) groups excluding carboxylic acids is 1. The van der Waals surface area contributed by atoms with Crippen LogP contribution in [0.15, 0.2) is 12.1 Å². The number of nitrogens with zero attached hydrogens (tertiary/aromatic N) is 2. The summed E-state index contributed by atoms with van der Waals surface area (Å²) in [6.45, 7) is 6.82. The molecular formula is C14H22ClN3O. The Kier molecular flexibility index (Phi) is 5.76. The van der Waals surface area contributed by atoms with E-state index in [1.165, 1.54) is 0 Å². The van der Waals surface area contributed by atoms with Crippen molar-refractivity contribution in [1.82, 2.24) is 15.2 Å². The van der Waals surface area contributed by atoms with Crippen molar-refractivity contribution >= 4 is 17.5 Å². The highest BCUT2D eigenvalue weighted by molar-refractivity contribution is 6.29. The molecule has 1 rings (SSSR count). The number of hydrogen-bond acceptors (Lipinski definition) is 3. The van der Waals surface area contributed by atoms with E-state index in [2.05, 4.69) is 10.3 Å². The lowest BCUT2D eigenvalue weighted by Gasteiger charge is -2.18. The molecule has 0 aliphatic rings. The van der Waals surface area contributed by atoms with Crippen LogP contribution in [0.1, 0.15) is 42.7 Å². The van der Waals surface area contributed by atoms with Gasteiger partial charge in [0, 0.05) is 23.8 Å². The summed E-state index contributed by atoms with van der Waals surface area (Å²) in [7, 11) is 3.95. The van der Waals surface area contributed by atoms with E-state index in [0.29, 0.717) is 10.7 Å². The summed E-state index contributed by atoms with van der Waals surface area (Å²) in [5, 5.41) is 3.31. The first-order valence-corrected chi connectivity index (χ1v) is 6.80. The van der Waals surface area contributed by atoms with E-state index in [1.54, 1.807) is 12.1 Å². The summed E-state index contributed by atoms with van der Waals surface area (Å²) in [6.07, 6.45) is 0. The summed E-state index contributed by atoms with van der Waals surface area (Å²) in [5.41, 5.74) is 1.40. The van der Waals surface area contributed by atoms with Gasteiger partial charge in [-0.2, -0.15) is 0 Å². The van der Waals surface area contributed by atoms with Gasteiger partial charge in [-0.25, -0.2) is 4.98 Å². The van der Waals surface area contributed by atoms with Crippen molar-refractivity contribution in [2.75, 3.05) is 20.6 Å². The third kappa shape index (κ3) is 5.17. The van der Waals surface area contributed by atoms with Gasteiger partial charge in [0.25, 0.3) is 5.91 Å². The number of nitrogens with one attached hydrogen (secondary N) is 1. The fourth-order valence-corrected chi connectivity index (χ4v) is 2.06. The average Bonchev–Trinajstić information content (AvgIpc) is 2.26. The fraction of sp³-hybridized carbons (Fsp3) is 0.571. The molecule has 1 aromatic heterocycles. The smallest absolute Gasteiger partial charge is 0.251 e. The van der Waals surface area contributed by atoms with Crippen LogP contribution in [0.5, 0.6) is 0 Å². The molecule has 0 aromatic carbocycles. The van der Waals surface area contributed by atoms with Crippen LogP contribution in [0.4, 0.5) is 0 Å². The van der Waals surface area contributed by atoms with Gasteiger partial charge in [0.15, 0.2) is 0 Å². The van der Waals surface area contributed by atoms with Gasteiger partial charge in [-0.05, 0) is 39.1 Å². The Morgan fingerprint density at radius 2 is 2.00 bits per heavy atom. The number of aromatic nitrogens is 1. The molecule has 1 atom stereocenters. The fourth-order valence-electron chi connectivity index (χ4n) is 1.84. The molecule has 1 amide bonds. The second kappa shape index (κ2) is 6.87. The van der Waals surface area contributed by atoms with Gasteiger partial charge in [0.1, 0.15) is 5.15 Å². The standard InChI is InChI=1S/C14H22ClN3O/c1-9(2)12-6-11(7-13(15)17-12)14(19)16-10(3)8-18(4)5/h6-7,9-10H,8H2,1-5H3,(H,16,19). The van der Waals surface area contributed by atoms with Crippen LogP contribution in [0, 0.1) is 0 Å². The van der Waals surface area contributed by atoms with Crippen LogP contribution in [-0.2, 0) is 0 Å². The van der Waals surface area contributed by atoms with Gasteiger partial charge in [0.05, 0.1) is 0 Å². The number of rotatable bonds is 5. The van der Waals surface area contributed by atoms with Crippen LogP contribution in [-0.4, -0.2) is 42.5 Å². The zero-order valence-corrected chi connectivity index (χ0v) is 13.0. The summed E-state index contributed by atoms with van der Waals surface area (Å²) in [5.74, 6) is 0.130. The molecule has 0 aliphatic carbocycles. The lowest BCUT2D eigenvalue weighted by molar-refractivity contribution is 0.0934. The Morgan fingerprint density at radius 3 is 2.53 bits per heavy atom. The molecule has 0 aliphatic heterocycles. The van der Waals surface area contributed by atoms with Gasteiger partial charge < -0.3 is 10.2 Å². The van der Waals surface area contributed by atoms with Crippen LogP contribution >= 0.6 is 11.6 Å². The molecule has 0 saturated heterocycles. The van der Waals surface area contributed by atoms with Crippen molar-refractivity contribution in [3.63, 3.8) is 0 Å². The average molecular weight is 284 g/mol. The molecule has 19 heavy (non-hydrogen) atoms. The highest BCUT2D eigenvalue weighted by Crippen LogP contribution is 2.17. The van der Waals surface area contributed by atoms with Crippen LogP contribution in [0.25, 0.3) is 0 Å². The number of pyridine rings is 1. The maximum atomic E-state index is 12.1. The first kappa shape index (κ1) is 15.9. The third-order valence-corrected chi connectivity index (χ3v) is 2.88. The molecule has 1 N–H and O–H groups in total. The lowest BCUT2D eigenvalue weighted by atomic mass is 10.1. The predicted molar refractivity (Wildman–Crippen MR) is 78.8 cm³/mol. The SMILES string of the molecule is CC(CN(C)C)NC(=O)c1cc(Cl)nc(C(C)C)c1. The Balaban J connectivity index is 2.82. The molecule has 0 fully saturated rings. The van der Waals surface area contributed by atoms with Crippen molar-refractivity contribution < 1.29 is 4.79 Å². The Labute approximate surface area is 120 Å². The van der Waals surface area contributed by atoms with E-state index in [0.717, 1.165) is 12.2 Å². The normalized spacial score (nSPS) is 12.8. The van der Waals surface area contributed by atoms with Gasteiger partial charge in [0.2, 0.25) is 0 Å². The van der Waals surface area contributed by atoms with Gasteiger partial charge in [-0.1, -0.05) is 25.4 Å². The maximum Gasteiger partial charge on any atom is 0.251 e. The van der Waals surface area contributed by atoms with E-state index in [9.17, 15) is 4.79 Å². The molecule has 0 radical (unpaired) electrons. The van der Waals surface area contributed by atoms with Crippen molar-refractivity contribution in [2.24, 2.45) is 0 Å². The van der Waals surface area contributed by atoms with E-state index in [1.807, 2.05) is 39.8 Å². The Morgan fingerprint density at radius 1 is 1.37 bits per heavy atom. The minimum Gasteiger partial charge on any atom is -0.348 e.